The standard InChI is InChI=1S/C15H13BrN4O2/c16-13-5-3-11(4-6-13)10-19-20-15(22)14(21)18-9-12-2-1-7-17-8-12/h1-8,10H,9H2,(H,18,21)(H,20,22)/b19-10-. The Morgan fingerprint density at radius 1 is 1.18 bits per heavy atom. The third kappa shape index (κ3) is 5.10. The Hall–Kier alpha value is -2.54. The van der Waals surface area contributed by atoms with Crippen LogP contribution in [0.3, 0.4) is 0 Å². The zero-order valence-corrected chi connectivity index (χ0v) is 13.1. The number of nitrogens with zero attached hydrogens (tertiary/aromatic N) is 2. The zero-order chi connectivity index (χ0) is 15.8. The van der Waals surface area contributed by atoms with E-state index < -0.39 is 11.8 Å². The van der Waals surface area contributed by atoms with Crippen molar-refractivity contribution in [1.29, 1.82) is 0 Å². The smallest absolute Gasteiger partial charge is 0.329 e. The lowest BCUT2D eigenvalue weighted by atomic mass is 10.2. The number of carbonyl (C=O) groups excluding carboxylic acids is 2. The summed E-state index contributed by atoms with van der Waals surface area (Å²) in [5.41, 5.74) is 3.79. The normalized spacial score (nSPS) is 10.4. The molecule has 1 aromatic carbocycles. The van der Waals surface area contributed by atoms with Crippen LogP contribution >= 0.6 is 15.9 Å². The molecule has 6 nitrogen and oxygen atoms in total. The molecule has 2 aromatic rings. The molecule has 7 heteroatoms. The van der Waals surface area contributed by atoms with Crippen LogP contribution < -0.4 is 10.7 Å². The second kappa shape index (κ2) is 8.04. The molecular formula is C15H13BrN4O2. The Morgan fingerprint density at radius 3 is 2.64 bits per heavy atom. The number of aromatic nitrogens is 1. The monoisotopic (exact) mass is 360 g/mol. The average Bonchev–Trinajstić information content (AvgIpc) is 2.55. The number of benzene rings is 1. The van der Waals surface area contributed by atoms with Crippen molar-refractivity contribution in [2.24, 2.45) is 5.10 Å². The summed E-state index contributed by atoms with van der Waals surface area (Å²) in [6.45, 7) is 0.233. The van der Waals surface area contributed by atoms with Crippen LogP contribution in [-0.4, -0.2) is 23.0 Å². The first kappa shape index (κ1) is 15.8. The van der Waals surface area contributed by atoms with Crippen molar-refractivity contribution in [3.63, 3.8) is 0 Å². The van der Waals surface area contributed by atoms with Gasteiger partial charge in [-0.3, -0.25) is 14.6 Å². The number of hydrogen-bond donors (Lipinski definition) is 2. The molecule has 1 aromatic heterocycles. The number of hydrazone groups is 1. The minimum atomic E-state index is -0.822. The van der Waals surface area contributed by atoms with Crippen molar-refractivity contribution in [1.82, 2.24) is 15.7 Å². The summed E-state index contributed by atoms with van der Waals surface area (Å²) in [6, 6.07) is 10.9. The van der Waals surface area contributed by atoms with Crippen molar-refractivity contribution in [3.8, 4) is 0 Å². The van der Waals surface area contributed by atoms with Crippen LogP contribution in [0, 0.1) is 0 Å². The van der Waals surface area contributed by atoms with Gasteiger partial charge in [0.1, 0.15) is 0 Å². The maximum atomic E-state index is 11.6. The van der Waals surface area contributed by atoms with Gasteiger partial charge in [0.05, 0.1) is 6.21 Å². The van der Waals surface area contributed by atoms with Crippen LogP contribution in [0.25, 0.3) is 0 Å². The number of pyridine rings is 1. The van der Waals surface area contributed by atoms with E-state index in [9.17, 15) is 9.59 Å². The summed E-state index contributed by atoms with van der Waals surface area (Å²) in [5.74, 6) is -1.57. The molecule has 0 spiro atoms. The molecule has 0 aliphatic carbocycles. The van der Waals surface area contributed by atoms with E-state index in [2.05, 4.69) is 36.8 Å². The fourth-order valence-corrected chi connectivity index (χ4v) is 1.79. The summed E-state index contributed by atoms with van der Waals surface area (Å²) in [7, 11) is 0. The lowest BCUT2D eigenvalue weighted by molar-refractivity contribution is -0.139. The third-order valence-corrected chi connectivity index (χ3v) is 3.16. The number of rotatable bonds is 4. The van der Waals surface area contributed by atoms with Gasteiger partial charge in [0, 0.05) is 23.4 Å². The Bertz CT molecular complexity index is 672. The highest BCUT2D eigenvalue weighted by Gasteiger charge is 2.11. The van der Waals surface area contributed by atoms with Crippen LogP contribution in [0.5, 0.6) is 0 Å². The summed E-state index contributed by atoms with van der Waals surface area (Å²) >= 11 is 3.32. The maximum Gasteiger partial charge on any atom is 0.329 e. The van der Waals surface area contributed by atoms with Crippen molar-refractivity contribution < 1.29 is 9.59 Å². The minimum Gasteiger partial charge on any atom is -0.344 e. The molecular weight excluding hydrogens is 348 g/mol. The van der Waals surface area contributed by atoms with Crippen molar-refractivity contribution >= 4 is 34.0 Å². The Kier molecular flexibility index (Phi) is 5.79. The molecule has 0 fully saturated rings. The summed E-state index contributed by atoms with van der Waals surface area (Å²) in [5, 5.41) is 6.22. The average molecular weight is 361 g/mol. The molecule has 2 amide bonds. The van der Waals surface area contributed by atoms with Crippen LogP contribution in [0.4, 0.5) is 0 Å². The number of carbonyl (C=O) groups is 2. The van der Waals surface area contributed by atoms with Crippen molar-refractivity contribution in [3.05, 3.63) is 64.4 Å². The quantitative estimate of drug-likeness (QED) is 0.493. The van der Waals surface area contributed by atoms with Gasteiger partial charge in [0.25, 0.3) is 0 Å². The van der Waals surface area contributed by atoms with E-state index in [0.717, 1.165) is 15.6 Å². The van der Waals surface area contributed by atoms with E-state index in [0.29, 0.717) is 0 Å². The fourth-order valence-electron chi connectivity index (χ4n) is 1.53. The Labute approximate surface area is 135 Å². The molecule has 0 aliphatic heterocycles. The lowest BCUT2D eigenvalue weighted by Gasteiger charge is -2.03. The molecule has 0 radical (unpaired) electrons. The first-order chi connectivity index (χ1) is 10.6. The van der Waals surface area contributed by atoms with Gasteiger partial charge in [-0.25, -0.2) is 5.43 Å². The highest BCUT2D eigenvalue weighted by atomic mass is 79.9. The first-order valence-corrected chi connectivity index (χ1v) is 7.20. The van der Waals surface area contributed by atoms with E-state index in [1.54, 1.807) is 24.5 Å². The summed E-state index contributed by atoms with van der Waals surface area (Å²) in [4.78, 5) is 27.0. The van der Waals surface area contributed by atoms with Crippen molar-refractivity contribution in [2.75, 3.05) is 0 Å². The lowest BCUT2D eigenvalue weighted by Crippen LogP contribution is -2.37. The second-order valence-corrected chi connectivity index (χ2v) is 5.21. The molecule has 0 aliphatic rings. The topological polar surface area (TPSA) is 83.5 Å². The molecule has 0 atom stereocenters. The SMILES string of the molecule is O=C(NCc1cccnc1)C(=O)N/N=C\c1ccc(Br)cc1. The van der Waals surface area contributed by atoms with E-state index in [1.165, 1.54) is 6.21 Å². The number of nitrogens with one attached hydrogen (secondary N) is 2. The molecule has 1 heterocycles. The number of halogens is 1. The van der Waals surface area contributed by atoms with E-state index in [1.807, 2.05) is 24.3 Å². The predicted octanol–water partition coefficient (Wildman–Crippen LogP) is 1.61. The molecule has 0 saturated carbocycles. The minimum absolute atomic E-state index is 0.233. The van der Waals surface area contributed by atoms with Gasteiger partial charge < -0.3 is 5.32 Å². The van der Waals surface area contributed by atoms with Gasteiger partial charge >= 0.3 is 11.8 Å². The second-order valence-electron chi connectivity index (χ2n) is 4.29. The van der Waals surface area contributed by atoms with Crippen LogP contribution in [0.15, 0.2) is 58.4 Å². The number of hydrogen-bond acceptors (Lipinski definition) is 4. The molecule has 22 heavy (non-hydrogen) atoms. The number of amides is 2. The third-order valence-electron chi connectivity index (χ3n) is 2.63. The largest absolute Gasteiger partial charge is 0.344 e. The van der Waals surface area contributed by atoms with Crippen LogP contribution in [0.1, 0.15) is 11.1 Å². The molecule has 0 bridgehead atoms. The van der Waals surface area contributed by atoms with E-state index in [-0.39, 0.29) is 6.54 Å². The molecule has 0 saturated heterocycles. The maximum absolute atomic E-state index is 11.6. The molecule has 2 rings (SSSR count). The Morgan fingerprint density at radius 2 is 1.95 bits per heavy atom. The molecule has 2 N–H and O–H groups in total. The zero-order valence-electron chi connectivity index (χ0n) is 11.5. The predicted molar refractivity (Wildman–Crippen MR) is 86.0 cm³/mol. The van der Waals surface area contributed by atoms with Gasteiger partial charge in [-0.2, -0.15) is 5.10 Å². The van der Waals surface area contributed by atoms with E-state index >= 15 is 0 Å². The Balaban J connectivity index is 1.79. The highest BCUT2D eigenvalue weighted by molar-refractivity contribution is 9.10. The van der Waals surface area contributed by atoms with Gasteiger partial charge in [0.2, 0.25) is 0 Å². The summed E-state index contributed by atoms with van der Waals surface area (Å²) in [6.07, 6.45) is 4.71. The van der Waals surface area contributed by atoms with Crippen molar-refractivity contribution in [2.45, 2.75) is 6.54 Å². The van der Waals surface area contributed by atoms with E-state index in [4.69, 9.17) is 0 Å². The molecule has 112 valence electrons. The van der Waals surface area contributed by atoms with Crippen LogP contribution in [0.2, 0.25) is 0 Å². The van der Waals surface area contributed by atoms with Gasteiger partial charge in [-0.1, -0.05) is 34.1 Å². The first-order valence-electron chi connectivity index (χ1n) is 6.41. The summed E-state index contributed by atoms with van der Waals surface area (Å²) < 4.78 is 0.948. The molecule has 0 unspecified atom stereocenters. The highest BCUT2D eigenvalue weighted by Crippen LogP contribution is 2.08. The van der Waals surface area contributed by atoms with Gasteiger partial charge in [-0.05, 0) is 29.3 Å². The van der Waals surface area contributed by atoms with Gasteiger partial charge in [-0.15, -0.1) is 0 Å². The fraction of sp³-hybridized carbons (Fsp3) is 0.0667. The van der Waals surface area contributed by atoms with Crippen LogP contribution in [-0.2, 0) is 16.1 Å². The van der Waals surface area contributed by atoms with Gasteiger partial charge in [0.15, 0.2) is 0 Å².